The van der Waals surface area contributed by atoms with Crippen LogP contribution in [0.4, 0.5) is 11.5 Å². The van der Waals surface area contributed by atoms with Crippen LogP contribution in [0.2, 0.25) is 0 Å². The highest BCUT2D eigenvalue weighted by atomic mass is 16.5. The fraction of sp³-hybridized carbons (Fsp3) is 0.320. The van der Waals surface area contributed by atoms with Crippen LogP contribution in [-0.4, -0.2) is 43.4 Å². The molecule has 32 heavy (non-hydrogen) atoms. The van der Waals surface area contributed by atoms with Crippen LogP contribution in [0.5, 0.6) is 11.5 Å². The van der Waals surface area contributed by atoms with Gasteiger partial charge in [-0.05, 0) is 49.2 Å². The average molecular weight is 433 g/mol. The second-order valence-corrected chi connectivity index (χ2v) is 7.81. The number of aromatic nitrogens is 2. The number of anilines is 2. The molecule has 1 aromatic heterocycles. The summed E-state index contributed by atoms with van der Waals surface area (Å²) < 4.78 is 10.5. The first-order chi connectivity index (χ1) is 15.7. The van der Waals surface area contributed by atoms with Gasteiger partial charge in [0.25, 0.3) is 5.91 Å². The number of ether oxygens (including phenoxy) is 2. The molecule has 1 saturated heterocycles. The van der Waals surface area contributed by atoms with Crippen molar-refractivity contribution in [3.63, 3.8) is 0 Å². The van der Waals surface area contributed by atoms with E-state index in [1.807, 2.05) is 36.4 Å². The summed E-state index contributed by atoms with van der Waals surface area (Å²) in [6.45, 7) is 2.06. The molecule has 0 saturated carbocycles. The second kappa shape index (κ2) is 10.1. The molecule has 7 nitrogen and oxygen atoms in total. The van der Waals surface area contributed by atoms with E-state index < -0.39 is 0 Å². The molecule has 0 bridgehead atoms. The van der Waals surface area contributed by atoms with Crippen molar-refractivity contribution >= 4 is 17.4 Å². The smallest absolute Gasteiger partial charge is 0.255 e. The lowest BCUT2D eigenvalue weighted by Crippen LogP contribution is -2.25. The van der Waals surface area contributed by atoms with E-state index in [0.29, 0.717) is 22.7 Å². The van der Waals surface area contributed by atoms with E-state index in [1.54, 1.807) is 32.4 Å². The maximum absolute atomic E-state index is 12.8. The SMILES string of the molecule is COc1cc(OC)cc(C(=O)Nc2cccc(-c3ccc(N4CCCCCC4)nn3)c2)c1. The van der Waals surface area contributed by atoms with Gasteiger partial charge in [-0.25, -0.2) is 0 Å². The van der Waals surface area contributed by atoms with Crippen molar-refractivity contribution in [2.45, 2.75) is 25.7 Å². The third-order valence-electron chi connectivity index (χ3n) is 5.61. The molecule has 0 radical (unpaired) electrons. The number of carbonyl (C=O) groups is 1. The Bertz CT molecular complexity index is 1040. The number of nitrogens with one attached hydrogen (secondary N) is 1. The third kappa shape index (κ3) is 5.17. The average Bonchev–Trinajstić information content (AvgIpc) is 3.13. The minimum atomic E-state index is -0.248. The van der Waals surface area contributed by atoms with E-state index in [0.717, 1.165) is 30.2 Å². The number of nitrogens with zero attached hydrogens (tertiary/aromatic N) is 3. The van der Waals surface area contributed by atoms with E-state index in [-0.39, 0.29) is 5.91 Å². The summed E-state index contributed by atoms with van der Waals surface area (Å²) in [6, 6.07) is 16.7. The Morgan fingerprint density at radius 3 is 2.22 bits per heavy atom. The minimum Gasteiger partial charge on any atom is -0.497 e. The van der Waals surface area contributed by atoms with Crippen molar-refractivity contribution in [2.75, 3.05) is 37.5 Å². The zero-order valence-corrected chi connectivity index (χ0v) is 18.5. The van der Waals surface area contributed by atoms with Crippen molar-refractivity contribution in [3.8, 4) is 22.8 Å². The number of benzene rings is 2. The van der Waals surface area contributed by atoms with E-state index in [1.165, 1.54) is 25.7 Å². The maximum Gasteiger partial charge on any atom is 0.255 e. The van der Waals surface area contributed by atoms with E-state index >= 15 is 0 Å². The third-order valence-corrected chi connectivity index (χ3v) is 5.61. The summed E-state index contributed by atoms with van der Waals surface area (Å²) in [5.74, 6) is 1.79. The van der Waals surface area contributed by atoms with Crippen LogP contribution >= 0.6 is 0 Å². The Hall–Kier alpha value is -3.61. The number of hydrogen-bond donors (Lipinski definition) is 1. The highest BCUT2D eigenvalue weighted by Gasteiger charge is 2.13. The molecule has 3 aromatic rings. The molecule has 0 spiro atoms. The number of amides is 1. The molecule has 4 rings (SSSR count). The fourth-order valence-corrected chi connectivity index (χ4v) is 3.85. The zero-order valence-electron chi connectivity index (χ0n) is 18.5. The standard InChI is InChI=1S/C25H28N4O3/c1-31-21-15-19(16-22(17-21)32-2)25(30)26-20-9-7-8-18(14-20)23-10-11-24(28-27-23)29-12-5-3-4-6-13-29/h7-11,14-17H,3-6,12-13H2,1-2H3,(H,26,30). The minimum absolute atomic E-state index is 0.248. The van der Waals surface area contributed by atoms with Crippen LogP contribution in [0, 0.1) is 0 Å². The summed E-state index contributed by atoms with van der Waals surface area (Å²) >= 11 is 0. The van der Waals surface area contributed by atoms with Gasteiger partial charge in [-0.15, -0.1) is 10.2 Å². The summed E-state index contributed by atoms with van der Waals surface area (Å²) in [7, 11) is 3.11. The van der Waals surface area contributed by atoms with Crippen molar-refractivity contribution in [1.82, 2.24) is 10.2 Å². The Morgan fingerprint density at radius 2 is 1.59 bits per heavy atom. The monoisotopic (exact) mass is 432 g/mol. The van der Waals surface area contributed by atoms with Crippen LogP contribution in [-0.2, 0) is 0 Å². The molecule has 1 N–H and O–H groups in total. The highest BCUT2D eigenvalue weighted by Crippen LogP contribution is 2.25. The quantitative estimate of drug-likeness (QED) is 0.603. The first-order valence-corrected chi connectivity index (χ1v) is 10.9. The van der Waals surface area contributed by atoms with Gasteiger partial charge in [0.2, 0.25) is 0 Å². The van der Waals surface area contributed by atoms with Gasteiger partial charge >= 0.3 is 0 Å². The fourth-order valence-electron chi connectivity index (χ4n) is 3.85. The summed E-state index contributed by atoms with van der Waals surface area (Å²) in [4.78, 5) is 15.1. The molecular weight excluding hydrogens is 404 g/mol. The van der Waals surface area contributed by atoms with Crippen LogP contribution in [0.25, 0.3) is 11.3 Å². The molecule has 1 aliphatic rings. The van der Waals surface area contributed by atoms with Gasteiger partial charge in [0.15, 0.2) is 5.82 Å². The van der Waals surface area contributed by atoms with Gasteiger partial charge in [0.1, 0.15) is 11.5 Å². The number of methoxy groups -OCH3 is 2. The van der Waals surface area contributed by atoms with Crippen LogP contribution in [0.15, 0.2) is 54.6 Å². The molecule has 2 aromatic carbocycles. The lowest BCUT2D eigenvalue weighted by Gasteiger charge is -2.20. The molecule has 2 heterocycles. The molecule has 166 valence electrons. The molecule has 1 aliphatic heterocycles. The Labute approximate surface area is 188 Å². The molecule has 0 atom stereocenters. The van der Waals surface area contributed by atoms with Gasteiger partial charge in [0, 0.05) is 36.0 Å². The molecule has 7 heteroatoms. The van der Waals surface area contributed by atoms with Crippen LogP contribution in [0.1, 0.15) is 36.0 Å². The number of rotatable bonds is 6. The highest BCUT2D eigenvalue weighted by molar-refractivity contribution is 6.05. The van der Waals surface area contributed by atoms with Crippen LogP contribution in [0.3, 0.4) is 0 Å². The maximum atomic E-state index is 12.8. The summed E-state index contributed by atoms with van der Waals surface area (Å²) in [5.41, 5.74) is 2.78. The van der Waals surface area contributed by atoms with Gasteiger partial charge in [-0.3, -0.25) is 4.79 Å². The van der Waals surface area contributed by atoms with Crippen molar-refractivity contribution in [1.29, 1.82) is 0 Å². The van der Waals surface area contributed by atoms with E-state index in [9.17, 15) is 4.79 Å². The number of hydrogen-bond acceptors (Lipinski definition) is 6. The first kappa shape index (κ1) is 21.6. The Kier molecular flexibility index (Phi) is 6.84. The van der Waals surface area contributed by atoms with Crippen molar-refractivity contribution in [2.24, 2.45) is 0 Å². The molecule has 1 amide bonds. The molecular formula is C25H28N4O3. The van der Waals surface area contributed by atoms with E-state index in [2.05, 4.69) is 20.4 Å². The first-order valence-electron chi connectivity index (χ1n) is 10.9. The number of carbonyl (C=O) groups excluding carboxylic acids is 1. The van der Waals surface area contributed by atoms with Gasteiger partial charge in [-0.2, -0.15) is 0 Å². The topological polar surface area (TPSA) is 76.6 Å². The predicted octanol–water partition coefficient (Wildman–Crippen LogP) is 4.79. The zero-order chi connectivity index (χ0) is 22.3. The van der Waals surface area contributed by atoms with Gasteiger partial charge in [-0.1, -0.05) is 25.0 Å². The largest absolute Gasteiger partial charge is 0.497 e. The Morgan fingerprint density at radius 1 is 0.875 bits per heavy atom. The lowest BCUT2D eigenvalue weighted by atomic mass is 10.1. The summed E-state index contributed by atoms with van der Waals surface area (Å²) in [5, 5.41) is 11.8. The van der Waals surface area contributed by atoms with Gasteiger partial charge < -0.3 is 19.7 Å². The normalized spacial score (nSPS) is 13.9. The molecule has 0 unspecified atom stereocenters. The lowest BCUT2D eigenvalue weighted by molar-refractivity contribution is 0.102. The molecule has 0 aliphatic carbocycles. The van der Waals surface area contributed by atoms with Crippen LogP contribution < -0.4 is 19.7 Å². The van der Waals surface area contributed by atoms with Crippen molar-refractivity contribution in [3.05, 3.63) is 60.2 Å². The van der Waals surface area contributed by atoms with Crippen molar-refractivity contribution < 1.29 is 14.3 Å². The Balaban J connectivity index is 1.49. The van der Waals surface area contributed by atoms with E-state index in [4.69, 9.17) is 9.47 Å². The predicted molar refractivity (Wildman–Crippen MR) is 126 cm³/mol. The summed E-state index contributed by atoms with van der Waals surface area (Å²) in [6.07, 6.45) is 4.96. The molecule has 1 fully saturated rings. The van der Waals surface area contributed by atoms with Gasteiger partial charge in [0.05, 0.1) is 19.9 Å². The second-order valence-electron chi connectivity index (χ2n) is 7.81.